The summed E-state index contributed by atoms with van der Waals surface area (Å²) >= 11 is 0. The molecule has 0 radical (unpaired) electrons. The number of ether oxygens (including phenoxy) is 1. The van der Waals surface area contributed by atoms with E-state index in [4.69, 9.17) is 15.9 Å². The Bertz CT molecular complexity index is 1690. The smallest absolute Gasteiger partial charge is 0.416 e. The van der Waals surface area contributed by atoms with Crippen LogP contribution in [0.4, 0.5) is 24.5 Å². The molecule has 0 saturated heterocycles. The van der Waals surface area contributed by atoms with E-state index in [-0.39, 0.29) is 40.9 Å². The fraction of sp³-hybridized carbons (Fsp3) is 0.133. The molecule has 0 aliphatic heterocycles. The van der Waals surface area contributed by atoms with Crippen molar-refractivity contribution < 1.29 is 31.1 Å². The molecule has 42 heavy (non-hydrogen) atoms. The van der Waals surface area contributed by atoms with Crippen molar-refractivity contribution in [1.82, 2.24) is 0 Å². The zero-order valence-corrected chi connectivity index (χ0v) is 23.2. The van der Waals surface area contributed by atoms with Crippen LogP contribution in [0.3, 0.4) is 0 Å². The highest BCUT2D eigenvalue weighted by Gasteiger charge is 2.30. The third kappa shape index (κ3) is 7.46. The molecule has 0 aliphatic carbocycles. The minimum absolute atomic E-state index is 0.0734. The molecule has 0 fully saturated rings. The predicted octanol–water partition coefficient (Wildman–Crippen LogP) is 5.79. The first-order chi connectivity index (χ1) is 19.8. The van der Waals surface area contributed by atoms with E-state index in [0.717, 1.165) is 16.4 Å². The van der Waals surface area contributed by atoms with E-state index in [1.807, 2.05) is 0 Å². The summed E-state index contributed by atoms with van der Waals surface area (Å²) in [6.45, 7) is -0.171. The van der Waals surface area contributed by atoms with Gasteiger partial charge in [-0.25, -0.2) is 8.42 Å². The van der Waals surface area contributed by atoms with Gasteiger partial charge in [-0.3, -0.25) is 14.5 Å². The van der Waals surface area contributed by atoms with Gasteiger partial charge in [0.25, 0.3) is 5.91 Å². The van der Waals surface area contributed by atoms with Crippen LogP contribution in [0, 0.1) is 5.41 Å². The second-order valence-corrected chi connectivity index (χ2v) is 11.3. The van der Waals surface area contributed by atoms with Crippen molar-refractivity contribution in [1.29, 1.82) is 5.41 Å². The number of halogens is 3. The Kier molecular flexibility index (Phi) is 8.86. The normalized spacial score (nSPS) is 11.5. The monoisotopic (exact) mass is 596 g/mol. The molecule has 0 aliphatic rings. The Morgan fingerprint density at radius 3 is 2.21 bits per heavy atom. The number of carbonyl (C=O) groups excluding carboxylic acids is 1. The topological polar surface area (TPSA) is 126 Å². The lowest BCUT2D eigenvalue weighted by Gasteiger charge is -2.23. The second kappa shape index (κ2) is 12.4. The van der Waals surface area contributed by atoms with Crippen molar-refractivity contribution in [3.05, 3.63) is 125 Å². The van der Waals surface area contributed by atoms with E-state index >= 15 is 0 Å². The highest BCUT2D eigenvalue weighted by Crippen LogP contribution is 2.34. The molecule has 4 rings (SSSR count). The summed E-state index contributed by atoms with van der Waals surface area (Å²) in [4.78, 5) is 12.9. The van der Waals surface area contributed by atoms with Gasteiger partial charge >= 0.3 is 6.18 Å². The maximum atomic E-state index is 13.3. The fourth-order valence-electron chi connectivity index (χ4n) is 3.98. The number of hydrogen-bond donors (Lipinski definition) is 3. The van der Waals surface area contributed by atoms with Crippen LogP contribution < -0.4 is 20.1 Å². The number of carbonyl (C=O) groups is 1. The molecule has 1 amide bonds. The maximum Gasteiger partial charge on any atom is 0.416 e. The summed E-state index contributed by atoms with van der Waals surface area (Å²) in [5, 5.41) is 10.3. The van der Waals surface area contributed by atoms with Gasteiger partial charge < -0.3 is 15.8 Å². The van der Waals surface area contributed by atoms with Crippen LogP contribution in [0.5, 0.6) is 5.75 Å². The number of sulfonamides is 1. The largest absolute Gasteiger partial charge is 0.487 e. The first kappa shape index (κ1) is 30.1. The summed E-state index contributed by atoms with van der Waals surface area (Å²) in [5.74, 6) is -0.921. The average Bonchev–Trinajstić information content (AvgIpc) is 2.96. The zero-order valence-electron chi connectivity index (χ0n) is 22.4. The maximum absolute atomic E-state index is 13.3. The number of amidine groups is 1. The van der Waals surface area contributed by atoms with Gasteiger partial charge in [0.2, 0.25) is 10.0 Å². The molecule has 0 atom stereocenters. The minimum Gasteiger partial charge on any atom is -0.487 e. The Morgan fingerprint density at radius 2 is 1.57 bits per heavy atom. The van der Waals surface area contributed by atoms with Crippen molar-refractivity contribution >= 4 is 33.1 Å². The molecule has 4 N–H and O–H groups in total. The second-order valence-electron chi connectivity index (χ2n) is 9.32. The van der Waals surface area contributed by atoms with Crippen LogP contribution in [0.15, 0.2) is 97.1 Å². The molecule has 0 aromatic heterocycles. The molecule has 218 valence electrons. The molecule has 8 nitrogen and oxygen atoms in total. The molecule has 0 spiro atoms. The van der Waals surface area contributed by atoms with Gasteiger partial charge in [0.05, 0.1) is 17.0 Å². The van der Waals surface area contributed by atoms with E-state index in [9.17, 15) is 26.4 Å². The highest BCUT2D eigenvalue weighted by atomic mass is 32.2. The number of nitrogens with one attached hydrogen (secondary N) is 2. The number of anilines is 2. The van der Waals surface area contributed by atoms with E-state index in [1.54, 1.807) is 48.5 Å². The molecule has 4 aromatic rings. The van der Waals surface area contributed by atoms with Crippen molar-refractivity contribution in [2.24, 2.45) is 5.73 Å². The standard InChI is InChI=1S/C30H27F3N4O4S/c1-37(42(39,40)19-21-6-3-2-4-7-21)26-15-14-25(36-29(38)23-9-5-8-22(16-23)28(34)35)17-27(26)41-18-20-10-12-24(13-11-20)30(31,32)33/h2-17H,18-19H2,1H3,(H3,34,35)(H,36,38). The van der Waals surface area contributed by atoms with Crippen LogP contribution in [0.25, 0.3) is 0 Å². The summed E-state index contributed by atoms with van der Waals surface area (Å²) in [6, 6.07) is 23.6. The van der Waals surface area contributed by atoms with Gasteiger partial charge in [-0.15, -0.1) is 0 Å². The number of rotatable bonds is 10. The Labute approximate surface area is 241 Å². The van der Waals surface area contributed by atoms with Crippen molar-refractivity contribution in [2.75, 3.05) is 16.7 Å². The fourth-order valence-corrected chi connectivity index (χ4v) is 5.24. The number of amides is 1. The van der Waals surface area contributed by atoms with Gasteiger partial charge in [-0.2, -0.15) is 13.2 Å². The van der Waals surface area contributed by atoms with Crippen LogP contribution in [0.1, 0.15) is 32.6 Å². The van der Waals surface area contributed by atoms with E-state index in [1.165, 1.54) is 43.4 Å². The van der Waals surface area contributed by atoms with Gasteiger partial charge in [0.1, 0.15) is 18.2 Å². The number of alkyl halides is 3. The summed E-state index contributed by atoms with van der Waals surface area (Å²) in [7, 11) is -2.51. The molecular formula is C30H27F3N4O4S. The molecule has 0 bridgehead atoms. The van der Waals surface area contributed by atoms with Crippen molar-refractivity contribution in [2.45, 2.75) is 18.5 Å². The molecule has 0 saturated carbocycles. The number of hydrogen-bond acceptors (Lipinski definition) is 5. The Hall–Kier alpha value is -4.84. The van der Waals surface area contributed by atoms with Gasteiger partial charge in [0, 0.05) is 29.9 Å². The molecule has 4 aromatic carbocycles. The Morgan fingerprint density at radius 1 is 0.905 bits per heavy atom. The number of nitrogens with zero attached hydrogens (tertiary/aromatic N) is 1. The van der Waals surface area contributed by atoms with Gasteiger partial charge in [0.15, 0.2) is 0 Å². The van der Waals surface area contributed by atoms with Crippen LogP contribution >= 0.6 is 0 Å². The minimum atomic E-state index is -4.49. The van der Waals surface area contributed by atoms with E-state index in [0.29, 0.717) is 16.7 Å². The molecule has 0 heterocycles. The Balaban J connectivity index is 1.63. The molecular weight excluding hydrogens is 569 g/mol. The van der Waals surface area contributed by atoms with Crippen molar-refractivity contribution in [3.8, 4) is 5.75 Å². The zero-order chi connectivity index (χ0) is 30.5. The van der Waals surface area contributed by atoms with E-state index in [2.05, 4.69) is 5.32 Å². The number of benzene rings is 4. The lowest BCUT2D eigenvalue weighted by molar-refractivity contribution is -0.137. The van der Waals surface area contributed by atoms with Crippen LogP contribution in [-0.2, 0) is 28.6 Å². The highest BCUT2D eigenvalue weighted by molar-refractivity contribution is 7.92. The number of nitrogens with two attached hydrogens (primary N) is 1. The van der Waals surface area contributed by atoms with Crippen molar-refractivity contribution in [3.63, 3.8) is 0 Å². The first-order valence-corrected chi connectivity index (χ1v) is 14.1. The first-order valence-electron chi connectivity index (χ1n) is 12.5. The quantitative estimate of drug-likeness (QED) is 0.158. The SMILES string of the molecule is CN(c1ccc(NC(=O)c2cccc(C(=N)N)c2)cc1OCc1ccc(C(F)(F)F)cc1)S(=O)(=O)Cc1ccccc1. The summed E-state index contributed by atoms with van der Waals surface area (Å²) < 4.78 is 72.4. The van der Waals surface area contributed by atoms with Gasteiger partial charge in [-0.1, -0.05) is 54.6 Å². The average molecular weight is 597 g/mol. The third-order valence-electron chi connectivity index (χ3n) is 6.28. The van der Waals surface area contributed by atoms with Crippen LogP contribution in [0.2, 0.25) is 0 Å². The van der Waals surface area contributed by atoms with E-state index < -0.39 is 27.7 Å². The summed E-state index contributed by atoms with van der Waals surface area (Å²) in [6.07, 6.45) is -4.49. The third-order valence-corrected chi connectivity index (χ3v) is 8.01. The lowest BCUT2D eigenvalue weighted by Crippen LogP contribution is -2.28. The van der Waals surface area contributed by atoms with Gasteiger partial charge in [-0.05, 0) is 47.5 Å². The molecule has 0 unspecified atom stereocenters. The number of nitrogen functional groups attached to an aromatic ring is 1. The molecule has 12 heteroatoms. The predicted molar refractivity (Wildman–Crippen MR) is 155 cm³/mol. The lowest BCUT2D eigenvalue weighted by atomic mass is 10.1. The van der Waals surface area contributed by atoms with Crippen LogP contribution in [-0.4, -0.2) is 27.2 Å². The summed E-state index contributed by atoms with van der Waals surface area (Å²) in [5.41, 5.74) is 6.74.